The lowest BCUT2D eigenvalue weighted by Gasteiger charge is -2.03. The van der Waals surface area contributed by atoms with Gasteiger partial charge in [0.25, 0.3) is 0 Å². The number of thiazole rings is 1. The van der Waals surface area contributed by atoms with Crippen molar-refractivity contribution < 1.29 is 4.74 Å². The minimum absolute atomic E-state index is 0.606. The van der Waals surface area contributed by atoms with Crippen LogP contribution in [0.2, 0.25) is 0 Å². The van der Waals surface area contributed by atoms with Gasteiger partial charge in [-0.05, 0) is 52.3 Å². The number of aromatic nitrogens is 1. The summed E-state index contributed by atoms with van der Waals surface area (Å²) in [6.07, 6.45) is 0. The molecule has 0 aliphatic heterocycles. The summed E-state index contributed by atoms with van der Waals surface area (Å²) in [4.78, 5) is 4.53. The Labute approximate surface area is 134 Å². The van der Waals surface area contributed by atoms with Gasteiger partial charge >= 0.3 is 0 Å². The van der Waals surface area contributed by atoms with Crippen LogP contribution in [0.3, 0.4) is 0 Å². The van der Waals surface area contributed by atoms with Crippen LogP contribution in [0, 0.1) is 11.3 Å². The van der Waals surface area contributed by atoms with E-state index < -0.39 is 0 Å². The van der Waals surface area contributed by atoms with Gasteiger partial charge in [0.2, 0.25) is 0 Å². The van der Waals surface area contributed by atoms with Crippen molar-refractivity contribution in [3.63, 3.8) is 0 Å². The van der Waals surface area contributed by atoms with Crippen molar-refractivity contribution in [1.29, 1.82) is 5.26 Å². The Morgan fingerprint density at radius 3 is 2.86 bits per heavy atom. The number of ether oxygens (including phenoxy) is 1. The molecule has 6 heteroatoms. The fourth-order valence-electron chi connectivity index (χ4n) is 1.89. The summed E-state index contributed by atoms with van der Waals surface area (Å²) in [6, 6.07) is 13.4. The summed E-state index contributed by atoms with van der Waals surface area (Å²) in [7, 11) is 1.65. The van der Waals surface area contributed by atoms with Crippen LogP contribution in [-0.2, 0) is 0 Å². The van der Waals surface area contributed by atoms with E-state index in [0.29, 0.717) is 5.56 Å². The smallest absolute Gasteiger partial charge is 0.188 e. The van der Waals surface area contributed by atoms with Crippen LogP contribution in [0.4, 0.5) is 10.8 Å². The van der Waals surface area contributed by atoms with E-state index in [9.17, 15) is 0 Å². The Morgan fingerprint density at radius 1 is 1.29 bits per heavy atom. The Bertz CT molecular complexity index is 854. The minimum Gasteiger partial charge on any atom is -0.497 e. The summed E-state index contributed by atoms with van der Waals surface area (Å²) in [6.45, 7) is 0. The molecule has 1 heterocycles. The van der Waals surface area contributed by atoms with Crippen LogP contribution in [0.25, 0.3) is 10.2 Å². The van der Waals surface area contributed by atoms with Crippen molar-refractivity contribution in [2.45, 2.75) is 0 Å². The average Bonchev–Trinajstić information content (AvgIpc) is 2.88. The molecule has 1 N–H and O–H groups in total. The number of halogens is 1. The van der Waals surface area contributed by atoms with E-state index >= 15 is 0 Å². The highest BCUT2D eigenvalue weighted by molar-refractivity contribution is 9.10. The summed E-state index contributed by atoms with van der Waals surface area (Å²) < 4.78 is 7.03. The van der Waals surface area contributed by atoms with Gasteiger partial charge in [0.1, 0.15) is 11.8 Å². The second-order valence-electron chi connectivity index (χ2n) is 4.28. The lowest BCUT2D eigenvalue weighted by atomic mass is 10.2. The topological polar surface area (TPSA) is 57.9 Å². The second kappa shape index (κ2) is 5.72. The maximum Gasteiger partial charge on any atom is 0.188 e. The van der Waals surface area contributed by atoms with Crippen LogP contribution in [0.15, 0.2) is 40.9 Å². The zero-order chi connectivity index (χ0) is 14.8. The average molecular weight is 360 g/mol. The van der Waals surface area contributed by atoms with E-state index in [-0.39, 0.29) is 0 Å². The second-order valence-corrected chi connectivity index (χ2v) is 6.17. The summed E-state index contributed by atoms with van der Waals surface area (Å²) >= 11 is 4.93. The van der Waals surface area contributed by atoms with E-state index in [1.54, 1.807) is 24.5 Å². The fraction of sp³-hybridized carbons (Fsp3) is 0.0667. The van der Waals surface area contributed by atoms with Crippen LogP contribution in [0.5, 0.6) is 5.75 Å². The molecule has 0 bridgehead atoms. The number of nitrogens with one attached hydrogen (secondary N) is 1. The predicted molar refractivity (Wildman–Crippen MR) is 88.3 cm³/mol. The molecule has 21 heavy (non-hydrogen) atoms. The van der Waals surface area contributed by atoms with Crippen molar-refractivity contribution in [2.24, 2.45) is 0 Å². The monoisotopic (exact) mass is 359 g/mol. The summed E-state index contributed by atoms with van der Waals surface area (Å²) in [5, 5.41) is 13.0. The van der Waals surface area contributed by atoms with E-state index in [2.05, 4.69) is 32.3 Å². The molecule has 0 amide bonds. The molecule has 1 aromatic heterocycles. The zero-order valence-corrected chi connectivity index (χ0v) is 13.5. The van der Waals surface area contributed by atoms with Gasteiger partial charge in [-0.15, -0.1) is 0 Å². The Morgan fingerprint density at radius 2 is 2.14 bits per heavy atom. The normalized spacial score (nSPS) is 10.3. The predicted octanol–water partition coefficient (Wildman–Crippen LogP) is 4.68. The molecule has 104 valence electrons. The molecule has 0 spiro atoms. The number of hydrogen-bond acceptors (Lipinski definition) is 5. The SMILES string of the molecule is COc1ccc2nc(Nc3ccc(C#N)c(Br)c3)sc2c1. The third-order valence-corrected chi connectivity index (χ3v) is 4.53. The first-order valence-corrected chi connectivity index (χ1v) is 7.72. The number of fused-ring (bicyclic) bond motifs is 1. The molecule has 0 aliphatic rings. The third kappa shape index (κ3) is 2.84. The van der Waals surface area contributed by atoms with Crippen molar-refractivity contribution in [3.05, 3.63) is 46.4 Å². The Kier molecular flexibility index (Phi) is 3.78. The van der Waals surface area contributed by atoms with E-state index in [4.69, 9.17) is 10.00 Å². The molecule has 2 aromatic carbocycles. The number of methoxy groups -OCH3 is 1. The van der Waals surface area contributed by atoms with Gasteiger partial charge in [0.15, 0.2) is 5.13 Å². The number of rotatable bonds is 3. The first-order chi connectivity index (χ1) is 10.2. The van der Waals surface area contributed by atoms with Crippen molar-refractivity contribution in [2.75, 3.05) is 12.4 Å². The van der Waals surface area contributed by atoms with Gasteiger partial charge in [-0.25, -0.2) is 4.98 Å². The molecule has 0 atom stereocenters. The summed E-state index contributed by atoms with van der Waals surface area (Å²) in [5.41, 5.74) is 2.41. The molecule has 0 fully saturated rings. The third-order valence-electron chi connectivity index (χ3n) is 2.94. The fourth-order valence-corrected chi connectivity index (χ4v) is 3.27. The van der Waals surface area contributed by atoms with Crippen LogP contribution >= 0.6 is 27.3 Å². The Balaban J connectivity index is 1.91. The molecule has 4 nitrogen and oxygen atoms in total. The molecule has 0 saturated carbocycles. The molecule has 3 rings (SSSR count). The van der Waals surface area contributed by atoms with Crippen LogP contribution < -0.4 is 10.1 Å². The van der Waals surface area contributed by atoms with Crippen molar-refractivity contribution in [3.8, 4) is 11.8 Å². The standard InChI is InChI=1S/C15H10BrN3OS/c1-20-11-4-5-13-14(7-11)21-15(19-13)18-10-3-2-9(8-17)12(16)6-10/h2-7H,1H3,(H,18,19). The number of anilines is 2. The first kappa shape index (κ1) is 13.9. The quantitative estimate of drug-likeness (QED) is 0.737. The zero-order valence-electron chi connectivity index (χ0n) is 11.1. The molecule has 0 unspecified atom stereocenters. The van der Waals surface area contributed by atoms with Crippen LogP contribution in [-0.4, -0.2) is 12.1 Å². The number of hydrogen-bond donors (Lipinski definition) is 1. The first-order valence-electron chi connectivity index (χ1n) is 6.11. The lowest BCUT2D eigenvalue weighted by molar-refractivity contribution is 0.415. The van der Waals surface area contributed by atoms with Gasteiger partial charge in [-0.1, -0.05) is 11.3 Å². The van der Waals surface area contributed by atoms with Gasteiger partial charge in [0.05, 0.1) is 22.9 Å². The number of nitrogens with zero attached hydrogens (tertiary/aromatic N) is 2. The molecule has 0 aliphatic carbocycles. The molecule has 3 aromatic rings. The highest BCUT2D eigenvalue weighted by atomic mass is 79.9. The van der Waals surface area contributed by atoms with E-state index in [0.717, 1.165) is 31.3 Å². The lowest BCUT2D eigenvalue weighted by Crippen LogP contribution is -1.90. The van der Waals surface area contributed by atoms with Crippen molar-refractivity contribution >= 4 is 48.3 Å². The number of benzene rings is 2. The molecular weight excluding hydrogens is 350 g/mol. The molecule has 0 radical (unpaired) electrons. The van der Waals surface area contributed by atoms with Gasteiger partial charge in [-0.2, -0.15) is 5.26 Å². The highest BCUT2D eigenvalue weighted by Crippen LogP contribution is 2.31. The van der Waals surface area contributed by atoms with E-state index in [1.807, 2.05) is 30.3 Å². The van der Waals surface area contributed by atoms with Crippen molar-refractivity contribution in [1.82, 2.24) is 4.98 Å². The van der Waals surface area contributed by atoms with Gasteiger partial charge < -0.3 is 10.1 Å². The van der Waals surface area contributed by atoms with Gasteiger partial charge in [-0.3, -0.25) is 0 Å². The maximum absolute atomic E-state index is 8.92. The molecule has 0 saturated heterocycles. The highest BCUT2D eigenvalue weighted by Gasteiger charge is 2.06. The molecular formula is C15H10BrN3OS. The maximum atomic E-state index is 8.92. The van der Waals surface area contributed by atoms with E-state index in [1.165, 1.54) is 0 Å². The largest absolute Gasteiger partial charge is 0.497 e. The Hall–Kier alpha value is -2.10. The minimum atomic E-state index is 0.606. The number of nitriles is 1. The summed E-state index contributed by atoms with van der Waals surface area (Å²) in [5.74, 6) is 0.818. The van der Waals surface area contributed by atoms with Crippen LogP contribution in [0.1, 0.15) is 5.56 Å². The van der Waals surface area contributed by atoms with Gasteiger partial charge in [0, 0.05) is 10.2 Å².